The molecule has 0 aromatic rings. The highest BCUT2D eigenvalue weighted by molar-refractivity contribution is 5.83. The smallest absolute Gasteiger partial charge is 0.326 e. The number of likely N-dealkylation sites (tertiary alicyclic amines) is 2. The van der Waals surface area contributed by atoms with Gasteiger partial charge in [-0.15, -0.1) is 0 Å². The van der Waals surface area contributed by atoms with E-state index in [9.17, 15) is 9.59 Å². The van der Waals surface area contributed by atoms with Crippen molar-refractivity contribution < 1.29 is 14.7 Å². The standard InChI is InChI=1S/C13H23N3O3/c1-14(2)9-10-5-3-7-15(10)13(19)16-8-4-6-11(16)12(17)18/h10-11H,3-9H2,1-2H3,(H,17,18)/t10?,11-/m1/s1. The van der Waals surface area contributed by atoms with E-state index >= 15 is 0 Å². The molecule has 108 valence electrons. The Hall–Kier alpha value is -1.30. The van der Waals surface area contributed by atoms with Crippen LogP contribution in [0.3, 0.4) is 0 Å². The fourth-order valence-corrected chi connectivity index (χ4v) is 3.12. The van der Waals surface area contributed by atoms with Crippen molar-refractivity contribution in [2.45, 2.75) is 37.8 Å². The Morgan fingerprint density at radius 2 is 1.79 bits per heavy atom. The summed E-state index contributed by atoms with van der Waals surface area (Å²) in [5.74, 6) is -0.880. The van der Waals surface area contributed by atoms with E-state index in [2.05, 4.69) is 4.90 Å². The second kappa shape index (κ2) is 5.77. The lowest BCUT2D eigenvalue weighted by Gasteiger charge is -2.32. The summed E-state index contributed by atoms with van der Waals surface area (Å²) in [5.41, 5.74) is 0. The van der Waals surface area contributed by atoms with Crippen molar-refractivity contribution in [1.29, 1.82) is 0 Å². The van der Waals surface area contributed by atoms with Gasteiger partial charge in [0.15, 0.2) is 0 Å². The number of carboxylic acids is 1. The van der Waals surface area contributed by atoms with Gasteiger partial charge in [0.1, 0.15) is 6.04 Å². The Labute approximate surface area is 114 Å². The van der Waals surface area contributed by atoms with Crippen molar-refractivity contribution in [2.24, 2.45) is 0 Å². The molecule has 2 atom stereocenters. The van der Waals surface area contributed by atoms with Crippen LogP contribution in [0.5, 0.6) is 0 Å². The Balaban J connectivity index is 2.04. The van der Waals surface area contributed by atoms with E-state index < -0.39 is 12.0 Å². The van der Waals surface area contributed by atoms with Crippen LogP contribution in [-0.2, 0) is 4.79 Å². The van der Waals surface area contributed by atoms with E-state index in [0.29, 0.717) is 13.0 Å². The molecule has 1 N–H and O–H groups in total. The lowest BCUT2D eigenvalue weighted by molar-refractivity contribution is -0.141. The molecule has 6 heteroatoms. The summed E-state index contributed by atoms with van der Waals surface area (Å²) in [4.78, 5) is 29.2. The molecule has 0 aliphatic carbocycles. The minimum atomic E-state index is -0.880. The average Bonchev–Trinajstić information content (AvgIpc) is 2.94. The minimum absolute atomic E-state index is 0.0887. The van der Waals surface area contributed by atoms with Crippen LogP contribution in [0, 0.1) is 0 Å². The predicted octanol–water partition coefficient (Wildman–Crippen LogP) is 0.681. The van der Waals surface area contributed by atoms with E-state index in [1.807, 2.05) is 19.0 Å². The van der Waals surface area contributed by atoms with Crippen LogP contribution in [0.1, 0.15) is 25.7 Å². The molecule has 0 bridgehead atoms. The summed E-state index contributed by atoms with van der Waals surface area (Å²) in [6.07, 6.45) is 3.38. The minimum Gasteiger partial charge on any atom is -0.480 e. The number of amides is 2. The molecule has 2 amide bonds. The van der Waals surface area contributed by atoms with Gasteiger partial charge in [0.2, 0.25) is 0 Å². The maximum atomic E-state index is 12.5. The summed E-state index contributed by atoms with van der Waals surface area (Å²) in [6.45, 7) is 2.17. The summed E-state index contributed by atoms with van der Waals surface area (Å²) in [6, 6.07) is -0.500. The highest BCUT2D eigenvalue weighted by atomic mass is 16.4. The maximum Gasteiger partial charge on any atom is 0.326 e. The topological polar surface area (TPSA) is 64.1 Å². The van der Waals surface area contributed by atoms with Gasteiger partial charge in [0, 0.05) is 25.7 Å². The number of carboxylic acid groups (broad SMARTS) is 1. The lowest BCUT2D eigenvalue weighted by Crippen LogP contribution is -2.51. The van der Waals surface area contributed by atoms with Crippen LogP contribution < -0.4 is 0 Å². The highest BCUT2D eigenvalue weighted by Crippen LogP contribution is 2.24. The van der Waals surface area contributed by atoms with Crippen LogP contribution >= 0.6 is 0 Å². The zero-order chi connectivity index (χ0) is 14.0. The molecular formula is C13H23N3O3. The van der Waals surface area contributed by atoms with E-state index in [0.717, 1.165) is 32.4 Å². The molecule has 2 aliphatic rings. The number of urea groups is 1. The van der Waals surface area contributed by atoms with Crippen LogP contribution in [0.2, 0.25) is 0 Å². The van der Waals surface area contributed by atoms with Gasteiger partial charge < -0.3 is 19.8 Å². The van der Waals surface area contributed by atoms with Gasteiger partial charge in [-0.25, -0.2) is 9.59 Å². The van der Waals surface area contributed by atoms with Crippen molar-refractivity contribution in [2.75, 3.05) is 33.7 Å². The second-order valence-electron chi connectivity index (χ2n) is 5.72. The number of aliphatic carboxylic acids is 1. The molecule has 1 unspecified atom stereocenters. The highest BCUT2D eigenvalue weighted by Gasteiger charge is 2.39. The molecule has 2 heterocycles. The van der Waals surface area contributed by atoms with Crippen molar-refractivity contribution in [3.63, 3.8) is 0 Å². The first-order valence-corrected chi connectivity index (χ1v) is 6.95. The quantitative estimate of drug-likeness (QED) is 0.818. The van der Waals surface area contributed by atoms with Crippen molar-refractivity contribution in [1.82, 2.24) is 14.7 Å². The molecule has 6 nitrogen and oxygen atoms in total. The molecule has 0 spiro atoms. The molecule has 0 aromatic heterocycles. The lowest BCUT2D eigenvalue weighted by atomic mass is 10.2. The van der Waals surface area contributed by atoms with Gasteiger partial charge in [-0.05, 0) is 39.8 Å². The first-order valence-electron chi connectivity index (χ1n) is 6.95. The van der Waals surface area contributed by atoms with Crippen molar-refractivity contribution in [3.8, 4) is 0 Å². The number of hydrogen-bond donors (Lipinski definition) is 1. The Kier molecular flexibility index (Phi) is 4.29. The third-order valence-corrected chi connectivity index (χ3v) is 3.98. The second-order valence-corrected chi connectivity index (χ2v) is 5.72. The van der Waals surface area contributed by atoms with Crippen LogP contribution in [-0.4, -0.2) is 77.6 Å². The first-order chi connectivity index (χ1) is 9.00. The van der Waals surface area contributed by atoms with Gasteiger partial charge in [-0.2, -0.15) is 0 Å². The number of carbonyl (C=O) groups excluding carboxylic acids is 1. The molecule has 0 aromatic carbocycles. The summed E-state index contributed by atoms with van der Waals surface area (Å²) in [5, 5.41) is 9.17. The van der Waals surface area contributed by atoms with Crippen LogP contribution in [0.25, 0.3) is 0 Å². The molecule has 2 saturated heterocycles. The number of carbonyl (C=O) groups is 2. The fraction of sp³-hybridized carbons (Fsp3) is 0.846. The molecule has 19 heavy (non-hydrogen) atoms. The molecule has 2 fully saturated rings. The average molecular weight is 269 g/mol. The Morgan fingerprint density at radius 1 is 1.16 bits per heavy atom. The zero-order valence-electron chi connectivity index (χ0n) is 11.7. The monoisotopic (exact) mass is 269 g/mol. The van der Waals surface area contributed by atoms with Crippen LogP contribution in [0.15, 0.2) is 0 Å². The first kappa shape index (κ1) is 14.1. The molecule has 0 radical (unpaired) electrons. The van der Waals surface area contributed by atoms with Crippen molar-refractivity contribution in [3.05, 3.63) is 0 Å². The van der Waals surface area contributed by atoms with Gasteiger partial charge in [0.05, 0.1) is 0 Å². The zero-order valence-corrected chi connectivity index (χ0v) is 11.7. The third-order valence-electron chi connectivity index (χ3n) is 3.98. The predicted molar refractivity (Wildman–Crippen MR) is 71.0 cm³/mol. The number of likely N-dealkylation sites (N-methyl/N-ethyl adjacent to an activating group) is 1. The van der Waals surface area contributed by atoms with Gasteiger partial charge in [-0.1, -0.05) is 0 Å². The van der Waals surface area contributed by atoms with Crippen LogP contribution in [0.4, 0.5) is 4.79 Å². The van der Waals surface area contributed by atoms with Gasteiger partial charge in [0.25, 0.3) is 0 Å². The summed E-state index contributed by atoms with van der Waals surface area (Å²) >= 11 is 0. The fourth-order valence-electron chi connectivity index (χ4n) is 3.12. The van der Waals surface area contributed by atoms with Crippen molar-refractivity contribution >= 4 is 12.0 Å². The van der Waals surface area contributed by atoms with Gasteiger partial charge in [-0.3, -0.25) is 0 Å². The number of nitrogens with zero attached hydrogens (tertiary/aromatic N) is 3. The summed E-state index contributed by atoms with van der Waals surface area (Å²) < 4.78 is 0. The number of rotatable bonds is 3. The third kappa shape index (κ3) is 3.00. The molecule has 2 aliphatic heterocycles. The number of hydrogen-bond acceptors (Lipinski definition) is 3. The normalized spacial score (nSPS) is 27.3. The molecule has 0 saturated carbocycles. The Bertz CT molecular complexity index is 359. The SMILES string of the molecule is CN(C)CC1CCCN1C(=O)N1CCC[C@@H]1C(=O)O. The van der Waals surface area contributed by atoms with E-state index in [1.165, 1.54) is 4.90 Å². The maximum absolute atomic E-state index is 12.5. The molecule has 2 rings (SSSR count). The molecular weight excluding hydrogens is 246 g/mol. The van der Waals surface area contributed by atoms with E-state index in [-0.39, 0.29) is 12.1 Å². The summed E-state index contributed by atoms with van der Waals surface area (Å²) in [7, 11) is 3.99. The van der Waals surface area contributed by atoms with Gasteiger partial charge >= 0.3 is 12.0 Å². The van der Waals surface area contributed by atoms with E-state index in [1.54, 1.807) is 0 Å². The Morgan fingerprint density at radius 3 is 2.42 bits per heavy atom. The van der Waals surface area contributed by atoms with E-state index in [4.69, 9.17) is 5.11 Å². The largest absolute Gasteiger partial charge is 0.480 e.